The van der Waals surface area contributed by atoms with Gasteiger partial charge in [0.1, 0.15) is 0 Å². The molecule has 0 bridgehead atoms. The number of hydrogen-bond donors (Lipinski definition) is 1. The Morgan fingerprint density at radius 1 is 0.933 bits per heavy atom. The van der Waals surface area contributed by atoms with Crippen molar-refractivity contribution in [2.24, 2.45) is 0 Å². The van der Waals surface area contributed by atoms with Gasteiger partial charge in [-0.1, -0.05) is 36.4 Å². The van der Waals surface area contributed by atoms with Gasteiger partial charge in [0.15, 0.2) is 0 Å². The van der Waals surface area contributed by atoms with E-state index in [-0.39, 0.29) is 0 Å². The van der Waals surface area contributed by atoms with Gasteiger partial charge in [-0.15, -0.1) is 0 Å². The molecule has 1 heteroatoms. The summed E-state index contributed by atoms with van der Waals surface area (Å²) in [6.45, 7) is 4.17. The largest absolute Gasteiger partial charge is 0.398 e. The van der Waals surface area contributed by atoms with Crippen molar-refractivity contribution in [3.8, 4) is 11.1 Å². The molecule has 0 aromatic heterocycles. The summed E-state index contributed by atoms with van der Waals surface area (Å²) in [6, 6.07) is 14.5. The van der Waals surface area contributed by atoms with Crippen molar-refractivity contribution < 1.29 is 0 Å². The lowest BCUT2D eigenvalue weighted by Crippen LogP contribution is -1.94. The fraction of sp³-hybridized carbons (Fsp3) is 0.143. The Labute approximate surface area is 90.6 Å². The average molecular weight is 197 g/mol. The molecule has 0 aliphatic rings. The first-order valence-corrected chi connectivity index (χ1v) is 5.10. The van der Waals surface area contributed by atoms with Gasteiger partial charge in [-0.25, -0.2) is 0 Å². The second kappa shape index (κ2) is 3.77. The zero-order valence-electron chi connectivity index (χ0n) is 9.12. The third-order valence-corrected chi connectivity index (χ3v) is 2.57. The van der Waals surface area contributed by atoms with Crippen molar-refractivity contribution in [1.29, 1.82) is 0 Å². The molecular weight excluding hydrogens is 182 g/mol. The topological polar surface area (TPSA) is 26.0 Å². The lowest BCUT2D eigenvalue weighted by Gasteiger charge is -2.10. The standard InChI is InChI=1S/C14H15N/c1-10-8-11(2)14(13(15)9-10)12-6-4-3-5-7-12/h3-9H,15H2,1-2H3. The Bertz CT molecular complexity index is 449. The smallest absolute Gasteiger partial charge is 0.0399 e. The van der Waals surface area contributed by atoms with Crippen LogP contribution in [0.4, 0.5) is 5.69 Å². The van der Waals surface area contributed by atoms with Crippen LogP contribution < -0.4 is 5.73 Å². The first-order chi connectivity index (χ1) is 7.18. The summed E-state index contributed by atoms with van der Waals surface area (Å²) in [5.41, 5.74) is 11.7. The third kappa shape index (κ3) is 1.86. The fourth-order valence-electron chi connectivity index (χ4n) is 2.00. The summed E-state index contributed by atoms with van der Waals surface area (Å²) in [5, 5.41) is 0. The van der Waals surface area contributed by atoms with Crippen LogP contribution in [0.1, 0.15) is 11.1 Å². The average Bonchev–Trinajstić information content (AvgIpc) is 2.17. The summed E-state index contributed by atoms with van der Waals surface area (Å²) in [7, 11) is 0. The zero-order valence-corrected chi connectivity index (χ0v) is 9.12. The predicted octanol–water partition coefficient (Wildman–Crippen LogP) is 3.55. The maximum atomic E-state index is 6.05. The minimum Gasteiger partial charge on any atom is -0.398 e. The van der Waals surface area contributed by atoms with Gasteiger partial charge in [0.2, 0.25) is 0 Å². The Morgan fingerprint density at radius 2 is 1.60 bits per heavy atom. The molecule has 0 amide bonds. The van der Waals surface area contributed by atoms with Crippen molar-refractivity contribution in [3.05, 3.63) is 53.6 Å². The fourth-order valence-corrected chi connectivity index (χ4v) is 2.00. The molecule has 0 saturated carbocycles. The van der Waals surface area contributed by atoms with Crippen LogP contribution in [0.25, 0.3) is 11.1 Å². The number of nitrogens with two attached hydrogens (primary N) is 1. The highest BCUT2D eigenvalue weighted by Gasteiger charge is 2.05. The van der Waals surface area contributed by atoms with Crippen LogP contribution in [0, 0.1) is 13.8 Å². The monoisotopic (exact) mass is 197 g/mol. The number of rotatable bonds is 1. The predicted molar refractivity (Wildman–Crippen MR) is 65.8 cm³/mol. The van der Waals surface area contributed by atoms with Gasteiger partial charge in [0.05, 0.1) is 0 Å². The van der Waals surface area contributed by atoms with E-state index in [1.807, 2.05) is 24.3 Å². The van der Waals surface area contributed by atoms with E-state index in [4.69, 9.17) is 5.73 Å². The first-order valence-electron chi connectivity index (χ1n) is 5.10. The summed E-state index contributed by atoms with van der Waals surface area (Å²) < 4.78 is 0. The molecule has 0 saturated heterocycles. The molecule has 0 fully saturated rings. The van der Waals surface area contributed by atoms with Crippen LogP contribution in [-0.2, 0) is 0 Å². The summed E-state index contributed by atoms with van der Waals surface area (Å²) in [4.78, 5) is 0. The van der Waals surface area contributed by atoms with Crippen LogP contribution in [0.5, 0.6) is 0 Å². The molecule has 0 unspecified atom stereocenters. The van der Waals surface area contributed by atoms with Gasteiger partial charge in [-0.2, -0.15) is 0 Å². The molecular formula is C14H15N. The molecule has 0 heterocycles. The van der Waals surface area contributed by atoms with Crippen molar-refractivity contribution >= 4 is 5.69 Å². The highest BCUT2D eigenvalue weighted by Crippen LogP contribution is 2.30. The number of hydrogen-bond acceptors (Lipinski definition) is 1. The van der Waals surface area contributed by atoms with Crippen molar-refractivity contribution in [1.82, 2.24) is 0 Å². The SMILES string of the molecule is Cc1cc(C)c(-c2ccccc2)c(N)c1. The lowest BCUT2D eigenvalue weighted by molar-refractivity contribution is 1.38. The molecule has 2 aromatic rings. The van der Waals surface area contributed by atoms with E-state index in [1.165, 1.54) is 16.7 Å². The Kier molecular flexibility index (Phi) is 2.46. The molecule has 2 aromatic carbocycles. The first kappa shape index (κ1) is 9.78. The Hall–Kier alpha value is -1.76. The third-order valence-electron chi connectivity index (χ3n) is 2.57. The lowest BCUT2D eigenvalue weighted by atomic mass is 9.97. The van der Waals surface area contributed by atoms with Crippen molar-refractivity contribution in [3.63, 3.8) is 0 Å². The van der Waals surface area contributed by atoms with Gasteiger partial charge in [-0.05, 0) is 36.6 Å². The Balaban J connectivity index is 2.64. The number of benzene rings is 2. The van der Waals surface area contributed by atoms with Crippen molar-refractivity contribution in [2.75, 3.05) is 5.73 Å². The van der Waals surface area contributed by atoms with E-state index < -0.39 is 0 Å². The van der Waals surface area contributed by atoms with Gasteiger partial charge in [0.25, 0.3) is 0 Å². The molecule has 0 atom stereocenters. The molecule has 0 spiro atoms. The van der Waals surface area contributed by atoms with Crippen LogP contribution in [0.15, 0.2) is 42.5 Å². The molecule has 1 nitrogen and oxygen atoms in total. The minimum absolute atomic E-state index is 0.860. The molecule has 0 radical (unpaired) electrons. The maximum Gasteiger partial charge on any atom is 0.0399 e. The van der Waals surface area contributed by atoms with Crippen LogP contribution in [0.2, 0.25) is 0 Å². The van der Waals surface area contributed by atoms with E-state index in [0.29, 0.717) is 0 Å². The molecule has 76 valence electrons. The molecule has 2 N–H and O–H groups in total. The van der Waals surface area contributed by atoms with Crippen molar-refractivity contribution in [2.45, 2.75) is 13.8 Å². The van der Waals surface area contributed by atoms with Gasteiger partial charge < -0.3 is 5.73 Å². The van der Waals surface area contributed by atoms with E-state index in [9.17, 15) is 0 Å². The van der Waals surface area contributed by atoms with Gasteiger partial charge in [-0.3, -0.25) is 0 Å². The molecule has 15 heavy (non-hydrogen) atoms. The second-order valence-corrected chi connectivity index (χ2v) is 3.91. The number of nitrogen functional groups attached to an aromatic ring is 1. The van der Waals surface area contributed by atoms with Crippen LogP contribution >= 0.6 is 0 Å². The highest BCUT2D eigenvalue weighted by atomic mass is 14.6. The van der Waals surface area contributed by atoms with Crippen LogP contribution in [0.3, 0.4) is 0 Å². The zero-order chi connectivity index (χ0) is 10.8. The van der Waals surface area contributed by atoms with E-state index in [0.717, 1.165) is 11.3 Å². The van der Waals surface area contributed by atoms with E-state index in [1.54, 1.807) is 0 Å². The maximum absolute atomic E-state index is 6.05. The normalized spacial score (nSPS) is 10.3. The molecule has 0 aliphatic carbocycles. The number of aryl methyl sites for hydroxylation is 2. The second-order valence-electron chi connectivity index (χ2n) is 3.91. The Morgan fingerprint density at radius 3 is 2.20 bits per heavy atom. The summed E-state index contributed by atoms with van der Waals surface area (Å²) in [6.07, 6.45) is 0. The minimum atomic E-state index is 0.860. The van der Waals surface area contributed by atoms with E-state index >= 15 is 0 Å². The molecule has 2 rings (SSSR count). The number of anilines is 1. The highest BCUT2D eigenvalue weighted by molar-refractivity contribution is 5.79. The van der Waals surface area contributed by atoms with Gasteiger partial charge >= 0.3 is 0 Å². The van der Waals surface area contributed by atoms with E-state index in [2.05, 4.69) is 32.0 Å². The molecule has 0 aliphatic heterocycles. The van der Waals surface area contributed by atoms with Gasteiger partial charge in [0, 0.05) is 11.3 Å². The summed E-state index contributed by atoms with van der Waals surface area (Å²) in [5.74, 6) is 0. The quantitative estimate of drug-likeness (QED) is 0.695. The summed E-state index contributed by atoms with van der Waals surface area (Å²) >= 11 is 0. The van der Waals surface area contributed by atoms with Crippen LogP contribution in [-0.4, -0.2) is 0 Å².